The number of aromatic nitrogens is 1. The normalized spacial score (nSPS) is 22.1. The average Bonchev–Trinajstić information content (AvgIpc) is 2.69. The van der Waals surface area contributed by atoms with E-state index in [0.717, 1.165) is 37.5 Å². The second-order valence-electron chi connectivity index (χ2n) is 4.46. The minimum absolute atomic E-state index is 0.496. The van der Waals surface area contributed by atoms with Crippen molar-refractivity contribution in [2.75, 3.05) is 13.1 Å². The highest BCUT2D eigenvalue weighted by Crippen LogP contribution is 2.22. The van der Waals surface area contributed by atoms with Gasteiger partial charge in [-0.3, -0.25) is 0 Å². The van der Waals surface area contributed by atoms with E-state index in [1.54, 1.807) is 0 Å². The van der Waals surface area contributed by atoms with Gasteiger partial charge in [0.2, 0.25) is 0 Å². The van der Waals surface area contributed by atoms with Gasteiger partial charge in [-0.05, 0) is 25.3 Å². The fraction of sp³-hybridized carbons (Fsp3) is 0.727. The molecule has 3 nitrogen and oxygen atoms in total. The number of nitrogens with zero attached hydrogens (tertiary/aromatic N) is 1. The predicted octanol–water partition coefficient (Wildman–Crippen LogP) is 1.95. The van der Waals surface area contributed by atoms with Gasteiger partial charge in [0.1, 0.15) is 6.26 Å². The summed E-state index contributed by atoms with van der Waals surface area (Å²) in [5.41, 5.74) is 1.10. The molecule has 1 aliphatic rings. The monoisotopic (exact) mass is 194 g/mol. The lowest BCUT2D eigenvalue weighted by molar-refractivity contribution is 0.457. The zero-order valence-corrected chi connectivity index (χ0v) is 8.92. The van der Waals surface area contributed by atoms with E-state index in [9.17, 15) is 0 Å². The highest BCUT2D eigenvalue weighted by atomic mass is 16.3. The van der Waals surface area contributed by atoms with Gasteiger partial charge in [-0.25, -0.2) is 4.98 Å². The van der Waals surface area contributed by atoms with E-state index in [1.165, 1.54) is 0 Å². The van der Waals surface area contributed by atoms with E-state index < -0.39 is 0 Å². The summed E-state index contributed by atoms with van der Waals surface area (Å²) in [6.45, 7) is 6.51. The Hall–Kier alpha value is -0.830. The van der Waals surface area contributed by atoms with E-state index >= 15 is 0 Å². The molecular weight excluding hydrogens is 176 g/mol. The summed E-state index contributed by atoms with van der Waals surface area (Å²) in [6, 6.07) is 0. The van der Waals surface area contributed by atoms with Crippen LogP contribution in [0.1, 0.15) is 37.8 Å². The molecule has 1 unspecified atom stereocenters. The molecule has 2 rings (SSSR count). The zero-order valence-electron chi connectivity index (χ0n) is 8.92. The Morgan fingerprint density at radius 3 is 3.14 bits per heavy atom. The molecule has 0 amide bonds. The summed E-state index contributed by atoms with van der Waals surface area (Å²) in [5.74, 6) is 2.07. The molecule has 78 valence electrons. The van der Waals surface area contributed by atoms with Crippen molar-refractivity contribution >= 4 is 0 Å². The molecule has 0 aliphatic carbocycles. The molecule has 1 aromatic rings. The summed E-state index contributed by atoms with van der Waals surface area (Å²) >= 11 is 0. The van der Waals surface area contributed by atoms with Crippen molar-refractivity contribution in [1.29, 1.82) is 0 Å². The van der Waals surface area contributed by atoms with Crippen LogP contribution >= 0.6 is 0 Å². The van der Waals surface area contributed by atoms with Crippen molar-refractivity contribution in [3.8, 4) is 0 Å². The minimum atomic E-state index is 0.496. The van der Waals surface area contributed by atoms with Gasteiger partial charge in [-0.15, -0.1) is 0 Å². The second kappa shape index (κ2) is 4.13. The molecule has 3 heteroatoms. The van der Waals surface area contributed by atoms with Crippen LogP contribution in [0.3, 0.4) is 0 Å². The lowest BCUT2D eigenvalue weighted by Crippen LogP contribution is -2.08. The van der Waals surface area contributed by atoms with E-state index in [-0.39, 0.29) is 0 Å². The summed E-state index contributed by atoms with van der Waals surface area (Å²) in [7, 11) is 0. The zero-order chi connectivity index (χ0) is 9.97. The van der Waals surface area contributed by atoms with Crippen LogP contribution in [0.2, 0.25) is 0 Å². The van der Waals surface area contributed by atoms with Crippen LogP contribution in [0.5, 0.6) is 0 Å². The van der Waals surface area contributed by atoms with Gasteiger partial charge in [0, 0.05) is 12.5 Å². The topological polar surface area (TPSA) is 38.1 Å². The number of rotatable bonds is 3. The molecular formula is C11H18N2O. The van der Waals surface area contributed by atoms with Crippen LogP contribution < -0.4 is 5.32 Å². The molecule has 0 bridgehead atoms. The standard InChI is InChI=1S/C11H18N2O/c1-8(2)5-10-7-14-11(13-10)9-3-4-12-6-9/h7-9,12H,3-6H2,1-2H3. The lowest BCUT2D eigenvalue weighted by atomic mass is 10.1. The smallest absolute Gasteiger partial charge is 0.198 e. The molecule has 1 aliphatic heterocycles. The molecule has 0 spiro atoms. The Bertz CT molecular complexity index is 287. The first-order chi connectivity index (χ1) is 6.75. The molecule has 2 heterocycles. The van der Waals surface area contributed by atoms with E-state index in [0.29, 0.717) is 11.8 Å². The van der Waals surface area contributed by atoms with E-state index in [1.807, 2.05) is 6.26 Å². The van der Waals surface area contributed by atoms with Gasteiger partial charge in [0.25, 0.3) is 0 Å². The van der Waals surface area contributed by atoms with Crippen LogP contribution in [-0.2, 0) is 6.42 Å². The fourth-order valence-corrected chi connectivity index (χ4v) is 1.89. The van der Waals surface area contributed by atoms with Crippen LogP contribution in [0.4, 0.5) is 0 Å². The van der Waals surface area contributed by atoms with Crippen molar-refractivity contribution < 1.29 is 4.42 Å². The van der Waals surface area contributed by atoms with Gasteiger partial charge in [-0.1, -0.05) is 13.8 Å². The number of nitrogens with one attached hydrogen (secondary N) is 1. The summed E-state index contributed by atoms with van der Waals surface area (Å²) in [5, 5.41) is 3.32. The number of hydrogen-bond acceptors (Lipinski definition) is 3. The molecule has 1 atom stereocenters. The summed E-state index contributed by atoms with van der Waals surface area (Å²) in [6.07, 6.45) is 3.99. The molecule has 14 heavy (non-hydrogen) atoms. The van der Waals surface area contributed by atoms with Crippen LogP contribution in [0.15, 0.2) is 10.7 Å². The maximum Gasteiger partial charge on any atom is 0.198 e. The Morgan fingerprint density at radius 1 is 1.64 bits per heavy atom. The molecule has 0 saturated carbocycles. The first-order valence-electron chi connectivity index (χ1n) is 5.40. The predicted molar refractivity (Wildman–Crippen MR) is 55.3 cm³/mol. The highest BCUT2D eigenvalue weighted by molar-refractivity contribution is 5.03. The molecule has 1 aromatic heterocycles. The SMILES string of the molecule is CC(C)Cc1coc(C2CCNC2)n1. The third-order valence-corrected chi connectivity index (χ3v) is 2.60. The maximum absolute atomic E-state index is 5.50. The lowest BCUT2D eigenvalue weighted by Gasteiger charge is -2.01. The van der Waals surface area contributed by atoms with Gasteiger partial charge in [0.05, 0.1) is 5.69 Å². The summed E-state index contributed by atoms with van der Waals surface area (Å²) < 4.78 is 5.50. The Labute approximate surface area is 84.9 Å². The minimum Gasteiger partial charge on any atom is -0.448 e. The quantitative estimate of drug-likeness (QED) is 0.799. The van der Waals surface area contributed by atoms with Gasteiger partial charge < -0.3 is 9.73 Å². The van der Waals surface area contributed by atoms with Crippen LogP contribution in [0, 0.1) is 5.92 Å². The van der Waals surface area contributed by atoms with Crippen molar-refractivity contribution in [2.24, 2.45) is 5.92 Å². The third-order valence-electron chi connectivity index (χ3n) is 2.60. The third kappa shape index (κ3) is 2.15. The van der Waals surface area contributed by atoms with E-state index in [4.69, 9.17) is 4.42 Å². The Balaban J connectivity index is 2.01. The maximum atomic E-state index is 5.50. The summed E-state index contributed by atoms with van der Waals surface area (Å²) in [4.78, 5) is 4.53. The van der Waals surface area contributed by atoms with Crippen molar-refractivity contribution in [1.82, 2.24) is 10.3 Å². The second-order valence-corrected chi connectivity index (χ2v) is 4.46. The van der Waals surface area contributed by atoms with E-state index in [2.05, 4.69) is 24.1 Å². The largest absolute Gasteiger partial charge is 0.448 e. The van der Waals surface area contributed by atoms with Crippen LogP contribution in [0.25, 0.3) is 0 Å². The highest BCUT2D eigenvalue weighted by Gasteiger charge is 2.21. The van der Waals surface area contributed by atoms with Crippen molar-refractivity contribution in [3.63, 3.8) is 0 Å². The number of oxazole rings is 1. The molecule has 1 saturated heterocycles. The molecule has 0 aromatic carbocycles. The van der Waals surface area contributed by atoms with Gasteiger partial charge >= 0.3 is 0 Å². The fourth-order valence-electron chi connectivity index (χ4n) is 1.89. The molecule has 1 fully saturated rings. The first-order valence-corrected chi connectivity index (χ1v) is 5.40. The van der Waals surface area contributed by atoms with Gasteiger partial charge in [0.15, 0.2) is 5.89 Å². The Morgan fingerprint density at radius 2 is 2.50 bits per heavy atom. The van der Waals surface area contributed by atoms with Crippen molar-refractivity contribution in [3.05, 3.63) is 17.8 Å². The Kier molecular flexibility index (Phi) is 2.87. The number of hydrogen-bond donors (Lipinski definition) is 1. The average molecular weight is 194 g/mol. The molecule has 0 radical (unpaired) electrons. The van der Waals surface area contributed by atoms with Crippen molar-refractivity contribution in [2.45, 2.75) is 32.6 Å². The molecule has 1 N–H and O–H groups in total. The first kappa shape index (κ1) is 9.71. The van der Waals surface area contributed by atoms with Crippen LogP contribution in [-0.4, -0.2) is 18.1 Å². The van der Waals surface area contributed by atoms with Gasteiger partial charge in [-0.2, -0.15) is 0 Å².